The van der Waals surface area contributed by atoms with E-state index in [4.69, 9.17) is 11.6 Å². The number of carbonyl (C=O) groups excluding carboxylic acids is 1. The van der Waals surface area contributed by atoms with Crippen molar-refractivity contribution in [2.24, 2.45) is 5.92 Å². The fourth-order valence-corrected chi connectivity index (χ4v) is 3.32. The molecule has 3 rings (SSSR count). The first kappa shape index (κ1) is 17.6. The van der Waals surface area contributed by atoms with Crippen LogP contribution in [0.4, 0.5) is 10.5 Å². The Hall–Kier alpha value is -2.26. The molecule has 0 aliphatic heterocycles. The van der Waals surface area contributed by atoms with E-state index in [0.29, 0.717) is 17.5 Å². The Morgan fingerprint density at radius 3 is 2.68 bits per heavy atom. The molecule has 25 heavy (non-hydrogen) atoms. The number of anilines is 1. The predicted octanol–water partition coefficient (Wildman–Crippen LogP) is 5.73. The quantitative estimate of drug-likeness (QED) is 0.683. The Balaban J connectivity index is 1.71. The molecule has 0 saturated heterocycles. The van der Waals surface area contributed by atoms with Crippen molar-refractivity contribution >= 4 is 23.3 Å². The fraction of sp³-hybridized carbons (Fsp3) is 0.286. The molecule has 130 valence electrons. The summed E-state index contributed by atoms with van der Waals surface area (Å²) < 4.78 is 0. The van der Waals surface area contributed by atoms with Gasteiger partial charge in [-0.3, -0.25) is 0 Å². The fourth-order valence-electron chi connectivity index (χ4n) is 3.13. The smallest absolute Gasteiger partial charge is 0.320 e. The van der Waals surface area contributed by atoms with Gasteiger partial charge >= 0.3 is 6.03 Å². The minimum atomic E-state index is -0.0827. The molecule has 2 amide bonds. The van der Waals surface area contributed by atoms with Crippen molar-refractivity contribution < 1.29 is 4.79 Å². The number of hydrogen-bond acceptors (Lipinski definition) is 1. The Kier molecular flexibility index (Phi) is 6.13. The number of urea groups is 1. The molecule has 0 aromatic heterocycles. The highest BCUT2D eigenvalue weighted by molar-refractivity contribution is 6.30. The van der Waals surface area contributed by atoms with Gasteiger partial charge in [-0.1, -0.05) is 60.2 Å². The molecule has 0 heterocycles. The second-order valence-electron chi connectivity index (χ2n) is 6.46. The van der Waals surface area contributed by atoms with Crippen LogP contribution in [0.2, 0.25) is 5.02 Å². The highest BCUT2D eigenvalue weighted by Crippen LogP contribution is 2.21. The average molecular weight is 355 g/mol. The lowest BCUT2D eigenvalue weighted by atomic mass is 9.94. The number of halogens is 1. The number of rotatable bonds is 5. The summed E-state index contributed by atoms with van der Waals surface area (Å²) in [6.07, 6.45) is 7.72. The van der Waals surface area contributed by atoms with Crippen molar-refractivity contribution in [3.05, 3.63) is 77.3 Å². The molecule has 1 aliphatic rings. The van der Waals surface area contributed by atoms with Crippen LogP contribution in [-0.4, -0.2) is 17.5 Å². The number of amides is 2. The molecule has 4 heteroatoms. The number of hydrogen-bond donors (Lipinski definition) is 1. The maximum Gasteiger partial charge on any atom is 0.322 e. The minimum Gasteiger partial charge on any atom is -0.320 e. The second kappa shape index (κ2) is 8.72. The third-order valence-corrected chi connectivity index (χ3v) is 4.67. The molecule has 1 atom stereocenters. The van der Waals surface area contributed by atoms with Crippen molar-refractivity contribution in [2.75, 3.05) is 11.9 Å². The van der Waals surface area contributed by atoms with Crippen LogP contribution in [0.25, 0.3) is 0 Å². The Labute approximate surface area is 154 Å². The Morgan fingerprint density at radius 2 is 1.96 bits per heavy atom. The topological polar surface area (TPSA) is 32.3 Å². The summed E-state index contributed by atoms with van der Waals surface area (Å²) in [6.45, 7) is 1.36. The van der Waals surface area contributed by atoms with Gasteiger partial charge in [0.25, 0.3) is 0 Å². The van der Waals surface area contributed by atoms with E-state index in [9.17, 15) is 4.79 Å². The molecule has 2 aromatic rings. The highest BCUT2D eigenvalue weighted by atomic mass is 35.5. The Morgan fingerprint density at radius 1 is 1.12 bits per heavy atom. The molecule has 0 saturated carbocycles. The third kappa shape index (κ3) is 5.36. The van der Waals surface area contributed by atoms with Gasteiger partial charge in [0.2, 0.25) is 0 Å². The third-order valence-electron chi connectivity index (χ3n) is 4.44. The molecule has 0 bridgehead atoms. The molecule has 1 N–H and O–H groups in total. The SMILES string of the molecule is O=C(Nc1cccc(Cl)c1)N(Cc1ccccc1)C[C@@H]1CC=CCC1. The van der Waals surface area contributed by atoms with E-state index in [2.05, 4.69) is 29.6 Å². The number of nitrogens with zero attached hydrogens (tertiary/aromatic N) is 1. The molecule has 2 aromatic carbocycles. The summed E-state index contributed by atoms with van der Waals surface area (Å²) in [7, 11) is 0. The largest absolute Gasteiger partial charge is 0.322 e. The summed E-state index contributed by atoms with van der Waals surface area (Å²) >= 11 is 6.02. The monoisotopic (exact) mass is 354 g/mol. The zero-order chi connectivity index (χ0) is 17.5. The average Bonchev–Trinajstić information content (AvgIpc) is 2.63. The van der Waals surface area contributed by atoms with Crippen LogP contribution in [0.3, 0.4) is 0 Å². The maximum atomic E-state index is 12.9. The summed E-state index contributed by atoms with van der Waals surface area (Å²) in [5.74, 6) is 0.513. The van der Waals surface area contributed by atoms with Gasteiger partial charge < -0.3 is 10.2 Å². The van der Waals surface area contributed by atoms with Gasteiger partial charge in [-0.25, -0.2) is 4.79 Å². The van der Waals surface area contributed by atoms with E-state index in [-0.39, 0.29) is 6.03 Å². The molecule has 0 unspecified atom stereocenters. The van der Waals surface area contributed by atoms with Crippen LogP contribution >= 0.6 is 11.6 Å². The van der Waals surface area contributed by atoms with Crippen molar-refractivity contribution in [1.82, 2.24) is 4.90 Å². The van der Waals surface area contributed by atoms with E-state index in [1.807, 2.05) is 35.2 Å². The van der Waals surface area contributed by atoms with Gasteiger partial charge in [0, 0.05) is 23.8 Å². The normalized spacial score (nSPS) is 16.4. The van der Waals surface area contributed by atoms with Crippen LogP contribution in [-0.2, 0) is 6.54 Å². The molecular formula is C21H23ClN2O. The summed E-state index contributed by atoms with van der Waals surface area (Å²) in [5, 5.41) is 3.59. The van der Waals surface area contributed by atoms with E-state index in [0.717, 1.165) is 37.1 Å². The summed E-state index contributed by atoms with van der Waals surface area (Å²) in [6, 6.07) is 17.3. The molecule has 3 nitrogen and oxygen atoms in total. The molecule has 0 radical (unpaired) electrons. The van der Waals surface area contributed by atoms with Gasteiger partial charge in [-0.15, -0.1) is 0 Å². The first-order chi connectivity index (χ1) is 12.2. The summed E-state index contributed by atoms with van der Waals surface area (Å²) in [4.78, 5) is 14.8. The van der Waals surface area contributed by atoms with Crippen LogP contribution < -0.4 is 5.32 Å². The number of benzene rings is 2. The van der Waals surface area contributed by atoms with Crippen molar-refractivity contribution in [3.63, 3.8) is 0 Å². The van der Waals surface area contributed by atoms with Crippen molar-refractivity contribution in [2.45, 2.75) is 25.8 Å². The number of carbonyl (C=O) groups is 1. The van der Waals surface area contributed by atoms with Crippen LogP contribution in [0.15, 0.2) is 66.7 Å². The van der Waals surface area contributed by atoms with E-state index in [1.165, 1.54) is 0 Å². The van der Waals surface area contributed by atoms with E-state index < -0.39 is 0 Å². The number of nitrogens with one attached hydrogen (secondary N) is 1. The van der Waals surface area contributed by atoms with Crippen molar-refractivity contribution in [1.29, 1.82) is 0 Å². The lowest BCUT2D eigenvalue weighted by Gasteiger charge is -2.28. The van der Waals surface area contributed by atoms with E-state index >= 15 is 0 Å². The first-order valence-corrected chi connectivity index (χ1v) is 9.09. The highest BCUT2D eigenvalue weighted by Gasteiger charge is 2.20. The van der Waals surface area contributed by atoms with Crippen LogP contribution in [0.1, 0.15) is 24.8 Å². The van der Waals surface area contributed by atoms with E-state index in [1.54, 1.807) is 12.1 Å². The summed E-state index contributed by atoms with van der Waals surface area (Å²) in [5.41, 5.74) is 1.86. The lowest BCUT2D eigenvalue weighted by Crippen LogP contribution is -2.38. The van der Waals surface area contributed by atoms with Gasteiger partial charge in [-0.2, -0.15) is 0 Å². The lowest BCUT2D eigenvalue weighted by molar-refractivity contribution is 0.195. The van der Waals surface area contributed by atoms with Gasteiger partial charge in [0.15, 0.2) is 0 Å². The second-order valence-corrected chi connectivity index (χ2v) is 6.89. The zero-order valence-corrected chi connectivity index (χ0v) is 15.0. The van der Waals surface area contributed by atoms with Gasteiger partial charge in [0.05, 0.1) is 0 Å². The predicted molar refractivity (Wildman–Crippen MR) is 104 cm³/mol. The number of allylic oxidation sites excluding steroid dienone is 2. The Bertz CT molecular complexity index is 730. The maximum absolute atomic E-state index is 12.9. The molecular weight excluding hydrogens is 332 g/mol. The van der Waals surface area contributed by atoms with Gasteiger partial charge in [0.1, 0.15) is 0 Å². The molecule has 0 spiro atoms. The molecule has 0 fully saturated rings. The first-order valence-electron chi connectivity index (χ1n) is 8.71. The minimum absolute atomic E-state index is 0.0827. The molecule has 1 aliphatic carbocycles. The van der Waals surface area contributed by atoms with Crippen LogP contribution in [0.5, 0.6) is 0 Å². The zero-order valence-electron chi connectivity index (χ0n) is 14.2. The van der Waals surface area contributed by atoms with Crippen molar-refractivity contribution in [3.8, 4) is 0 Å². The van der Waals surface area contributed by atoms with Gasteiger partial charge in [-0.05, 0) is 48.9 Å². The van der Waals surface area contributed by atoms with Crippen LogP contribution in [0, 0.1) is 5.92 Å². The standard InChI is InChI=1S/C21H23ClN2O/c22-19-12-7-13-20(14-19)23-21(25)24(15-17-8-3-1-4-9-17)16-18-10-5-2-6-11-18/h1-5,7-9,12-14,18H,6,10-11,15-16H2,(H,23,25)/t18-/m1/s1.